The van der Waals surface area contributed by atoms with Crippen LogP contribution in [0.3, 0.4) is 0 Å². The quantitative estimate of drug-likeness (QED) is 0.671. The van der Waals surface area contributed by atoms with Crippen LogP contribution in [0.25, 0.3) is 11.0 Å². The topological polar surface area (TPSA) is 66.2 Å². The molecule has 0 bridgehead atoms. The highest BCUT2D eigenvalue weighted by atomic mass is 16.3. The molecule has 0 saturated carbocycles. The van der Waals surface area contributed by atoms with Crippen LogP contribution in [0.1, 0.15) is 5.69 Å². The van der Waals surface area contributed by atoms with Gasteiger partial charge in [-0.15, -0.1) is 0 Å². The van der Waals surface area contributed by atoms with Crippen molar-refractivity contribution in [1.29, 1.82) is 0 Å². The minimum Gasteiger partial charge on any atom is -0.393 e. The molecule has 2 N–H and O–H groups in total. The smallest absolute Gasteiger partial charge is 0.138 e. The minimum absolute atomic E-state index is 0.381. The third kappa shape index (κ3) is 2.34. The van der Waals surface area contributed by atoms with Crippen LogP contribution in [0.2, 0.25) is 0 Å². The molecule has 1 aromatic heterocycles. The molecule has 0 aliphatic rings. The lowest BCUT2D eigenvalue weighted by Crippen LogP contribution is -2.08. The van der Waals surface area contributed by atoms with E-state index in [1.165, 1.54) is 0 Å². The van der Waals surface area contributed by atoms with Crippen molar-refractivity contribution in [2.45, 2.75) is 6.10 Å². The van der Waals surface area contributed by atoms with E-state index >= 15 is 0 Å². The molecule has 0 fully saturated rings. The van der Waals surface area contributed by atoms with Gasteiger partial charge in [0.1, 0.15) is 11.8 Å². The van der Waals surface area contributed by atoms with Gasteiger partial charge in [0.2, 0.25) is 0 Å². The van der Waals surface area contributed by atoms with Gasteiger partial charge in [0.15, 0.2) is 0 Å². The Kier molecular flexibility index (Phi) is 3.10. The Hall–Kier alpha value is -1.96. The van der Waals surface area contributed by atoms with Crippen molar-refractivity contribution < 1.29 is 10.2 Å². The molecular formula is C12H10N2O2. The summed E-state index contributed by atoms with van der Waals surface area (Å²) in [6.45, 7) is -0.381. The summed E-state index contributed by atoms with van der Waals surface area (Å²) in [6.07, 6.45) is 0.507. The van der Waals surface area contributed by atoms with Crippen molar-refractivity contribution in [2.24, 2.45) is 0 Å². The Balaban J connectivity index is 2.35. The molecule has 0 aliphatic heterocycles. The monoisotopic (exact) mass is 214 g/mol. The molecule has 0 amide bonds. The van der Waals surface area contributed by atoms with Gasteiger partial charge < -0.3 is 10.2 Å². The SMILES string of the molecule is OCC(O)C#Cc1cnc2ccccc2n1. The van der Waals surface area contributed by atoms with E-state index in [1.807, 2.05) is 24.3 Å². The molecule has 16 heavy (non-hydrogen) atoms. The number of aliphatic hydroxyl groups excluding tert-OH is 2. The highest BCUT2D eigenvalue weighted by Crippen LogP contribution is 2.07. The first-order chi connectivity index (χ1) is 7.79. The number of fused-ring (bicyclic) bond motifs is 1. The van der Waals surface area contributed by atoms with E-state index in [1.54, 1.807) is 6.20 Å². The van der Waals surface area contributed by atoms with Crippen molar-refractivity contribution in [3.05, 3.63) is 36.2 Å². The summed E-state index contributed by atoms with van der Waals surface area (Å²) < 4.78 is 0. The van der Waals surface area contributed by atoms with Gasteiger partial charge in [0.25, 0.3) is 0 Å². The number of aliphatic hydroxyl groups is 2. The van der Waals surface area contributed by atoms with Gasteiger partial charge in [-0.25, -0.2) is 4.98 Å². The van der Waals surface area contributed by atoms with Gasteiger partial charge in [-0.3, -0.25) is 4.98 Å². The number of para-hydroxylation sites is 2. The Labute approximate surface area is 92.6 Å². The number of nitrogens with zero attached hydrogens (tertiary/aromatic N) is 2. The second kappa shape index (κ2) is 4.71. The molecule has 4 nitrogen and oxygen atoms in total. The first-order valence-electron chi connectivity index (χ1n) is 4.82. The Bertz CT molecular complexity index is 557. The lowest BCUT2D eigenvalue weighted by molar-refractivity contribution is 0.138. The van der Waals surface area contributed by atoms with Gasteiger partial charge in [-0.1, -0.05) is 18.1 Å². The van der Waals surface area contributed by atoms with Crippen molar-refractivity contribution in [3.8, 4) is 11.8 Å². The zero-order valence-corrected chi connectivity index (χ0v) is 8.46. The standard InChI is InChI=1S/C12H10N2O2/c15-8-10(16)6-5-9-7-13-11-3-1-2-4-12(11)14-9/h1-4,7,10,15-16H,8H2. The third-order valence-electron chi connectivity index (χ3n) is 1.99. The molecule has 1 aromatic carbocycles. The zero-order chi connectivity index (χ0) is 11.4. The normalized spacial score (nSPS) is 11.9. The summed E-state index contributed by atoms with van der Waals surface area (Å²) in [5.41, 5.74) is 2.04. The predicted octanol–water partition coefficient (Wildman–Crippen LogP) is 0.335. The number of hydrogen-bond donors (Lipinski definition) is 2. The molecule has 1 atom stereocenters. The van der Waals surface area contributed by atoms with Crippen LogP contribution in [-0.4, -0.2) is 32.9 Å². The van der Waals surface area contributed by atoms with E-state index in [-0.39, 0.29) is 6.61 Å². The van der Waals surface area contributed by atoms with Gasteiger partial charge >= 0.3 is 0 Å². The largest absolute Gasteiger partial charge is 0.393 e. The fourth-order valence-electron chi connectivity index (χ4n) is 1.22. The second-order valence-electron chi connectivity index (χ2n) is 3.21. The highest BCUT2D eigenvalue weighted by molar-refractivity contribution is 5.74. The first kappa shape index (κ1) is 10.6. The van der Waals surface area contributed by atoms with E-state index in [0.29, 0.717) is 5.69 Å². The summed E-state index contributed by atoms with van der Waals surface area (Å²) in [5, 5.41) is 17.7. The van der Waals surface area contributed by atoms with Crippen LogP contribution >= 0.6 is 0 Å². The summed E-state index contributed by atoms with van der Waals surface area (Å²) >= 11 is 0. The average molecular weight is 214 g/mol. The van der Waals surface area contributed by atoms with Gasteiger partial charge in [0.05, 0.1) is 23.8 Å². The number of rotatable bonds is 1. The molecular weight excluding hydrogens is 204 g/mol. The lowest BCUT2D eigenvalue weighted by atomic mass is 10.3. The van der Waals surface area contributed by atoms with Gasteiger partial charge in [0, 0.05) is 0 Å². The summed E-state index contributed by atoms with van der Waals surface area (Å²) in [6, 6.07) is 7.47. The van der Waals surface area contributed by atoms with E-state index in [9.17, 15) is 0 Å². The van der Waals surface area contributed by atoms with Crippen molar-refractivity contribution in [2.75, 3.05) is 6.61 Å². The van der Waals surface area contributed by atoms with Crippen LogP contribution in [0.5, 0.6) is 0 Å². The summed E-state index contributed by atoms with van der Waals surface area (Å²) in [7, 11) is 0. The van der Waals surface area contributed by atoms with Crippen LogP contribution in [0.15, 0.2) is 30.5 Å². The van der Waals surface area contributed by atoms with E-state index in [4.69, 9.17) is 10.2 Å². The van der Waals surface area contributed by atoms with Crippen LogP contribution in [0, 0.1) is 11.8 Å². The van der Waals surface area contributed by atoms with Gasteiger partial charge in [-0.05, 0) is 18.1 Å². The molecule has 1 unspecified atom stereocenters. The molecule has 80 valence electrons. The van der Waals surface area contributed by atoms with Gasteiger partial charge in [-0.2, -0.15) is 0 Å². The predicted molar refractivity (Wildman–Crippen MR) is 59.5 cm³/mol. The molecule has 0 aliphatic carbocycles. The Morgan fingerprint density at radius 3 is 2.75 bits per heavy atom. The lowest BCUT2D eigenvalue weighted by Gasteiger charge is -1.96. The Morgan fingerprint density at radius 1 is 1.25 bits per heavy atom. The maximum atomic E-state index is 9.06. The number of aromatic nitrogens is 2. The second-order valence-corrected chi connectivity index (χ2v) is 3.21. The Morgan fingerprint density at radius 2 is 2.00 bits per heavy atom. The summed E-state index contributed by atoms with van der Waals surface area (Å²) in [4.78, 5) is 8.43. The molecule has 4 heteroatoms. The molecule has 0 radical (unpaired) electrons. The maximum absolute atomic E-state index is 9.06. The minimum atomic E-state index is -1.03. The molecule has 1 heterocycles. The summed E-state index contributed by atoms with van der Waals surface area (Å²) in [5.74, 6) is 5.12. The zero-order valence-electron chi connectivity index (χ0n) is 8.46. The molecule has 0 saturated heterocycles. The van der Waals surface area contributed by atoms with Crippen LogP contribution in [-0.2, 0) is 0 Å². The van der Waals surface area contributed by atoms with Crippen LogP contribution in [0.4, 0.5) is 0 Å². The van der Waals surface area contributed by atoms with Crippen molar-refractivity contribution in [1.82, 2.24) is 9.97 Å². The average Bonchev–Trinajstić information content (AvgIpc) is 2.35. The van der Waals surface area contributed by atoms with E-state index in [0.717, 1.165) is 11.0 Å². The molecule has 2 aromatic rings. The third-order valence-corrected chi connectivity index (χ3v) is 1.99. The van der Waals surface area contributed by atoms with Crippen molar-refractivity contribution in [3.63, 3.8) is 0 Å². The fourth-order valence-corrected chi connectivity index (χ4v) is 1.22. The molecule has 2 rings (SSSR count). The first-order valence-corrected chi connectivity index (χ1v) is 4.82. The maximum Gasteiger partial charge on any atom is 0.138 e. The van der Waals surface area contributed by atoms with E-state index < -0.39 is 6.10 Å². The van der Waals surface area contributed by atoms with Crippen molar-refractivity contribution >= 4 is 11.0 Å². The van der Waals surface area contributed by atoms with Crippen LogP contribution < -0.4 is 0 Å². The highest BCUT2D eigenvalue weighted by Gasteiger charge is 1.97. The fraction of sp³-hybridized carbons (Fsp3) is 0.167. The number of benzene rings is 1. The molecule has 0 spiro atoms. The number of hydrogen-bond acceptors (Lipinski definition) is 4. The van der Waals surface area contributed by atoms with E-state index in [2.05, 4.69) is 21.8 Å².